The second kappa shape index (κ2) is 9.33. The van der Waals surface area contributed by atoms with Crippen LogP contribution in [0.4, 0.5) is 5.69 Å². The normalized spacial score (nSPS) is 21.2. The van der Waals surface area contributed by atoms with E-state index >= 15 is 0 Å². The topological polar surface area (TPSA) is 44.8 Å². The first-order chi connectivity index (χ1) is 10.2. The highest BCUT2D eigenvalue weighted by molar-refractivity contribution is 5.85. The molecule has 0 aromatic heterocycles. The van der Waals surface area contributed by atoms with Crippen LogP contribution < -0.4 is 10.2 Å². The summed E-state index contributed by atoms with van der Waals surface area (Å²) in [6, 6.07) is 8.38. The number of ether oxygens (including phenoxy) is 1. The van der Waals surface area contributed by atoms with Crippen LogP contribution in [0.25, 0.3) is 0 Å². The number of piperazine rings is 1. The minimum atomic E-state index is -0.163. The van der Waals surface area contributed by atoms with Crippen LogP contribution in [0.3, 0.4) is 0 Å². The molecule has 7 heteroatoms. The number of hydrogen-bond acceptors (Lipinski definition) is 4. The van der Waals surface area contributed by atoms with Crippen molar-refractivity contribution in [3.05, 3.63) is 29.8 Å². The smallest absolute Gasteiger partial charge is 0.242 e. The minimum Gasteiger partial charge on any atom is -0.378 e. The molecule has 0 spiro atoms. The third-order valence-corrected chi connectivity index (χ3v) is 4.18. The maximum Gasteiger partial charge on any atom is 0.242 e. The van der Waals surface area contributed by atoms with E-state index in [1.807, 2.05) is 4.90 Å². The first-order valence-corrected chi connectivity index (χ1v) is 7.65. The minimum absolute atomic E-state index is 0. The summed E-state index contributed by atoms with van der Waals surface area (Å²) >= 11 is 0. The van der Waals surface area contributed by atoms with E-state index in [1.165, 1.54) is 11.3 Å². The average molecular weight is 362 g/mol. The molecule has 0 saturated carbocycles. The molecule has 0 bridgehead atoms. The fraction of sp³-hybridized carbons (Fsp3) is 0.562. The Kier molecular flexibility index (Phi) is 8.12. The van der Waals surface area contributed by atoms with Gasteiger partial charge in [-0.05, 0) is 24.6 Å². The van der Waals surface area contributed by atoms with Crippen LogP contribution in [0.2, 0.25) is 0 Å². The number of rotatable bonds is 2. The van der Waals surface area contributed by atoms with Gasteiger partial charge in [-0.25, -0.2) is 0 Å². The number of nitrogens with zero attached hydrogens (tertiary/aromatic N) is 2. The Morgan fingerprint density at radius 2 is 1.96 bits per heavy atom. The molecule has 1 unspecified atom stereocenters. The van der Waals surface area contributed by atoms with Gasteiger partial charge in [0.05, 0.1) is 13.2 Å². The van der Waals surface area contributed by atoms with Crippen LogP contribution in [0, 0.1) is 6.92 Å². The molecular weight excluding hydrogens is 337 g/mol. The van der Waals surface area contributed by atoms with Gasteiger partial charge in [-0.2, -0.15) is 0 Å². The van der Waals surface area contributed by atoms with Crippen molar-refractivity contribution in [1.29, 1.82) is 0 Å². The van der Waals surface area contributed by atoms with Crippen molar-refractivity contribution in [3.63, 3.8) is 0 Å². The first kappa shape index (κ1) is 20.0. The number of morpholine rings is 1. The summed E-state index contributed by atoms with van der Waals surface area (Å²) in [5.41, 5.74) is 2.52. The summed E-state index contributed by atoms with van der Waals surface area (Å²) in [6.45, 7) is 7.42. The number of nitrogens with one attached hydrogen (secondary N) is 1. The summed E-state index contributed by atoms with van der Waals surface area (Å²) in [7, 11) is 0. The lowest BCUT2D eigenvalue weighted by molar-refractivity contribution is -0.136. The van der Waals surface area contributed by atoms with Gasteiger partial charge in [0.15, 0.2) is 0 Å². The van der Waals surface area contributed by atoms with E-state index < -0.39 is 0 Å². The first-order valence-electron chi connectivity index (χ1n) is 7.65. The molecule has 1 aromatic rings. The van der Waals surface area contributed by atoms with Gasteiger partial charge in [0.2, 0.25) is 5.91 Å². The van der Waals surface area contributed by atoms with Crippen molar-refractivity contribution in [3.8, 4) is 0 Å². The Balaban J connectivity index is 0.00000132. The lowest BCUT2D eigenvalue weighted by atomic mass is 10.1. The van der Waals surface area contributed by atoms with E-state index in [4.69, 9.17) is 4.74 Å². The third kappa shape index (κ3) is 4.98. The summed E-state index contributed by atoms with van der Waals surface area (Å²) in [5, 5.41) is 3.24. The monoisotopic (exact) mass is 361 g/mol. The summed E-state index contributed by atoms with van der Waals surface area (Å²) < 4.78 is 5.38. The molecule has 0 radical (unpaired) electrons. The predicted molar refractivity (Wildman–Crippen MR) is 97.1 cm³/mol. The van der Waals surface area contributed by atoms with Crippen LogP contribution in [0.1, 0.15) is 5.56 Å². The zero-order valence-electron chi connectivity index (χ0n) is 13.4. The summed E-state index contributed by atoms with van der Waals surface area (Å²) in [6.07, 6.45) is 0. The largest absolute Gasteiger partial charge is 0.378 e. The number of anilines is 1. The van der Waals surface area contributed by atoms with E-state index in [1.54, 1.807) is 0 Å². The van der Waals surface area contributed by atoms with Crippen molar-refractivity contribution >= 4 is 36.4 Å². The standard InChI is InChI=1S/C16H23N3O2.2ClH/c1-13-3-2-4-14(11-13)18-6-8-19(9-7-18)16(20)15-12-21-10-5-17-15;;/h2-4,11,15,17H,5-10,12H2,1H3;2*1H. The van der Waals surface area contributed by atoms with Crippen molar-refractivity contribution in [1.82, 2.24) is 10.2 Å². The molecule has 2 saturated heterocycles. The lowest BCUT2D eigenvalue weighted by Gasteiger charge is -2.38. The molecule has 23 heavy (non-hydrogen) atoms. The van der Waals surface area contributed by atoms with Crippen molar-refractivity contribution in [2.75, 3.05) is 50.8 Å². The van der Waals surface area contributed by atoms with Crippen LogP contribution in [-0.4, -0.2) is 62.8 Å². The van der Waals surface area contributed by atoms with Gasteiger partial charge in [0.1, 0.15) is 6.04 Å². The Bertz CT molecular complexity index is 502. The predicted octanol–water partition coefficient (Wildman–Crippen LogP) is 1.48. The molecule has 3 rings (SSSR count). The number of benzene rings is 1. The molecular formula is C16H25Cl2N3O2. The second-order valence-electron chi connectivity index (χ2n) is 5.73. The zero-order valence-corrected chi connectivity index (χ0v) is 15.0. The van der Waals surface area contributed by atoms with Gasteiger partial charge < -0.3 is 19.9 Å². The zero-order chi connectivity index (χ0) is 14.7. The van der Waals surface area contributed by atoms with Crippen molar-refractivity contribution in [2.45, 2.75) is 13.0 Å². The molecule has 130 valence electrons. The Hall–Kier alpha value is -1.01. The quantitative estimate of drug-likeness (QED) is 0.866. The fourth-order valence-electron chi connectivity index (χ4n) is 2.95. The van der Waals surface area contributed by atoms with E-state index in [0.717, 1.165) is 32.7 Å². The van der Waals surface area contributed by atoms with E-state index in [0.29, 0.717) is 13.2 Å². The fourth-order valence-corrected chi connectivity index (χ4v) is 2.95. The molecule has 2 fully saturated rings. The second-order valence-corrected chi connectivity index (χ2v) is 5.73. The number of carbonyl (C=O) groups excluding carboxylic acids is 1. The van der Waals surface area contributed by atoms with Gasteiger partial charge in [-0.15, -0.1) is 24.8 Å². The highest BCUT2D eigenvalue weighted by Crippen LogP contribution is 2.18. The summed E-state index contributed by atoms with van der Waals surface area (Å²) in [5.74, 6) is 0.179. The third-order valence-electron chi connectivity index (χ3n) is 4.18. The Morgan fingerprint density at radius 3 is 2.57 bits per heavy atom. The highest BCUT2D eigenvalue weighted by atomic mass is 35.5. The van der Waals surface area contributed by atoms with Gasteiger partial charge in [-0.3, -0.25) is 4.79 Å². The Labute approximate surface area is 150 Å². The van der Waals surface area contributed by atoms with Crippen molar-refractivity contribution in [2.24, 2.45) is 0 Å². The van der Waals surface area contributed by atoms with E-state index in [-0.39, 0.29) is 36.8 Å². The van der Waals surface area contributed by atoms with Gasteiger partial charge in [0, 0.05) is 38.4 Å². The number of carbonyl (C=O) groups is 1. The Morgan fingerprint density at radius 1 is 1.22 bits per heavy atom. The maximum absolute atomic E-state index is 12.4. The molecule has 1 N–H and O–H groups in total. The molecule has 5 nitrogen and oxygen atoms in total. The van der Waals surface area contributed by atoms with Gasteiger partial charge >= 0.3 is 0 Å². The molecule has 2 aliphatic heterocycles. The molecule has 2 heterocycles. The van der Waals surface area contributed by atoms with E-state index in [9.17, 15) is 4.79 Å². The molecule has 0 aliphatic carbocycles. The van der Waals surface area contributed by atoms with Crippen LogP contribution in [-0.2, 0) is 9.53 Å². The van der Waals surface area contributed by atoms with Crippen molar-refractivity contribution < 1.29 is 9.53 Å². The van der Waals surface area contributed by atoms with Gasteiger partial charge in [0.25, 0.3) is 0 Å². The molecule has 1 atom stereocenters. The molecule has 1 aromatic carbocycles. The highest BCUT2D eigenvalue weighted by Gasteiger charge is 2.28. The van der Waals surface area contributed by atoms with Crippen LogP contribution in [0.5, 0.6) is 0 Å². The SMILES string of the molecule is Cc1cccc(N2CCN(C(=O)C3COCCN3)CC2)c1.Cl.Cl. The number of hydrogen-bond donors (Lipinski definition) is 1. The lowest BCUT2D eigenvalue weighted by Crippen LogP contribution is -2.57. The number of halogens is 2. The van der Waals surface area contributed by atoms with E-state index in [2.05, 4.69) is 41.4 Å². The van der Waals surface area contributed by atoms with Gasteiger partial charge in [-0.1, -0.05) is 12.1 Å². The maximum atomic E-state index is 12.4. The number of aryl methyl sites for hydroxylation is 1. The van der Waals surface area contributed by atoms with Crippen LogP contribution >= 0.6 is 24.8 Å². The summed E-state index contributed by atoms with van der Waals surface area (Å²) in [4.78, 5) is 16.7. The average Bonchev–Trinajstić information content (AvgIpc) is 2.55. The number of amides is 1. The van der Waals surface area contributed by atoms with Crippen LogP contribution in [0.15, 0.2) is 24.3 Å². The molecule has 2 aliphatic rings. The molecule has 1 amide bonds.